The molecule has 0 saturated heterocycles. The van der Waals surface area contributed by atoms with E-state index in [0.29, 0.717) is 10.6 Å². The Kier molecular flexibility index (Phi) is 2.26. The van der Waals surface area contributed by atoms with Crippen molar-refractivity contribution in [3.8, 4) is 17.3 Å². The lowest BCUT2D eigenvalue weighted by Crippen LogP contribution is -1.77. The molecule has 1 heterocycles. The van der Waals surface area contributed by atoms with Crippen molar-refractivity contribution in [1.29, 1.82) is 5.26 Å². The third-order valence-corrected chi connectivity index (χ3v) is 2.19. The van der Waals surface area contributed by atoms with E-state index in [0.717, 1.165) is 11.3 Å². The van der Waals surface area contributed by atoms with Crippen LogP contribution in [0.25, 0.3) is 11.3 Å². The van der Waals surface area contributed by atoms with E-state index in [1.807, 2.05) is 18.2 Å². The molecule has 0 bridgehead atoms. The summed E-state index contributed by atoms with van der Waals surface area (Å²) in [5, 5.41) is 9.31. The van der Waals surface area contributed by atoms with Crippen LogP contribution < -0.4 is 0 Å². The predicted molar refractivity (Wildman–Crippen MR) is 56.0 cm³/mol. The summed E-state index contributed by atoms with van der Waals surface area (Å²) >= 11 is 5.79. The minimum Gasteiger partial charge on any atom is -0.360 e. The summed E-state index contributed by atoms with van der Waals surface area (Å²) in [7, 11) is 0. The summed E-state index contributed by atoms with van der Waals surface area (Å²) in [6, 6.07) is 11.3. The average Bonchev–Trinajstić information content (AvgIpc) is 2.65. The van der Waals surface area contributed by atoms with Crippen LogP contribution in [0.15, 0.2) is 36.5 Å². The van der Waals surface area contributed by atoms with Crippen LogP contribution in [0, 0.1) is 11.3 Å². The van der Waals surface area contributed by atoms with Gasteiger partial charge in [-0.3, -0.25) is 0 Å². The van der Waals surface area contributed by atoms with E-state index < -0.39 is 0 Å². The van der Waals surface area contributed by atoms with Crippen molar-refractivity contribution in [1.82, 2.24) is 4.98 Å². The number of rotatable bonds is 1. The molecule has 1 N–H and O–H groups in total. The molecule has 0 aliphatic carbocycles. The maximum Gasteiger partial charge on any atom is 0.0991 e. The van der Waals surface area contributed by atoms with Gasteiger partial charge in [0, 0.05) is 11.9 Å². The Morgan fingerprint density at radius 1 is 1.21 bits per heavy atom. The molecule has 14 heavy (non-hydrogen) atoms. The van der Waals surface area contributed by atoms with Crippen LogP contribution in [-0.2, 0) is 0 Å². The zero-order valence-electron chi connectivity index (χ0n) is 7.29. The fourth-order valence-corrected chi connectivity index (χ4v) is 1.42. The van der Waals surface area contributed by atoms with Crippen LogP contribution in [0.5, 0.6) is 0 Å². The van der Waals surface area contributed by atoms with Crippen molar-refractivity contribution in [2.45, 2.75) is 0 Å². The van der Waals surface area contributed by atoms with Crippen molar-refractivity contribution >= 4 is 11.6 Å². The van der Waals surface area contributed by atoms with Gasteiger partial charge in [-0.1, -0.05) is 23.7 Å². The molecule has 1 aromatic heterocycles. The molecule has 68 valence electrons. The molecule has 0 unspecified atom stereocenters. The summed E-state index contributed by atoms with van der Waals surface area (Å²) in [5.41, 5.74) is 2.64. The fourth-order valence-electron chi connectivity index (χ4n) is 1.26. The van der Waals surface area contributed by atoms with Gasteiger partial charge in [0.25, 0.3) is 0 Å². The van der Waals surface area contributed by atoms with Crippen molar-refractivity contribution in [3.63, 3.8) is 0 Å². The molecule has 0 amide bonds. The molecule has 0 aliphatic rings. The maximum atomic E-state index is 8.62. The zero-order chi connectivity index (χ0) is 9.97. The first kappa shape index (κ1) is 8.86. The highest BCUT2D eigenvalue weighted by atomic mass is 35.5. The van der Waals surface area contributed by atoms with Crippen LogP contribution in [0.4, 0.5) is 0 Å². The lowest BCUT2D eigenvalue weighted by Gasteiger charge is -1.96. The Morgan fingerprint density at radius 2 is 1.93 bits per heavy atom. The molecular weight excluding hydrogens is 196 g/mol. The third-order valence-electron chi connectivity index (χ3n) is 1.97. The van der Waals surface area contributed by atoms with Gasteiger partial charge in [-0.25, -0.2) is 0 Å². The van der Waals surface area contributed by atoms with Gasteiger partial charge in [0.15, 0.2) is 0 Å². The van der Waals surface area contributed by atoms with Crippen LogP contribution in [0.2, 0.25) is 5.02 Å². The number of nitrogens with zero attached hydrogens (tertiary/aromatic N) is 1. The molecule has 0 radical (unpaired) electrons. The standard InChI is InChI=1S/C11H7ClN2/c12-10-5-11(14-7-10)9-3-1-8(6-13)2-4-9/h1-5,7,14H. The molecule has 0 saturated carbocycles. The molecule has 2 rings (SSSR count). The smallest absolute Gasteiger partial charge is 0.0991 e. The van der Waals surface area contributed by atoms with E-state index in [2.05, 4.69) is 11.1 Å². The Hall–Kier alpha value is -1.72. The quantitative estimate of drug-likeness (QED) is 0.758. The van der Waals surface area contributed by atoms with E-state index >= 15 is 0 Å². The number of hydrogen-bond acceptors (Lipinski definition) is 1. The van der Waals surface area contributed by atoms with Crippen LogP contribution in [0.1, 0.15) is 5.56 Å². The third kappa shape index (κ3) is 1.63. The number of nitriles is 1. The first-order valence-corrected chi connectivity index (χ1v) is 4.52. The summed E-state index contributed by atoms with van der Waals surface area (Å²) < 4.78 is 0. The van der Waals surface area contributed by atoms with Gasteiger partial charge in [-0.2, -0.15) is 5.26 Å². The molecule has 3 heteroatoms. The van der Waals surface area contributed by atoms with Gasteiger partial charge in [-0.05, 0) is 23.8 Å². The highest BCUT2D eigenvalue weighted by Gasteiger charge is 1.99. The second-order valence-corrected chi connectivity index (χ2v) is 3.36. The minimum atomic E-state index is 0.659. The Morgan fingerprint density at radius 3 is 2.43 bits per heavy atom. The van der Waals surface area contributed by atoms with E-state index in [4.69, 9.17) is 16.9 Å². The predicted octanol–water partition coefficient (Wildman–Crippen LogP) is 3.21. The molecular formula is C11H7ClN2. The van der Waals surface area contributed by atoms with Gasteiger partial charge < -0.3 is 4.98 Å². The van der Waals surface area contributed by atoms with Gasteiger partial charge >= 0.3 is 0 Å². The Bertz CT molecular complexity index is 477. The molecule has 1 aromatic carbocycles. The van der Waals surface area contributed by atoms with Crippen molar-refractivity contribution in [2.75, 3.05) is 0 Å². The Labute approximate surface area is 86.8 Å². The molecule has 2 aromatic rings. The molecule has 0 aliphatic heterocycles. The number of benzene rings is 1. The monoisotopic (exact) mass is 202 g/mol. The van der Waals surface area contributed by atoms with Gasteiger partial charge in [0.05, 0.1) is 16.7 Å². The lowest BCUT2D eigenvalue weighted by molar-refractivity contribution is 1.40. The molecule has 0 spiro atoms. The van der Waals surface area contributed by atoms with E-state index in [1.165, 1.54) is 0 Å². The average molecular weight is 203 g/mol. The SMILES string of the molecule is N#Cc1ccc(-c2cc(Cl)c[nH]2)cc1. The van der Waals surface area contributed by atoms with Crippen LogP contribution in [-0.4, -0.2) is 4.98 Å². The first-order chi connectivity index (χ1) is 6.79. The maximum absolute atomic E-state index is 8.62. The Balaban J connectivity index is 2.39. The fraction of sp³-hybridized carbons (Fsp3) is 0. The number of H-pyrrole nitrogens is 1. The largest absolute Gasteiger partial charge is 0.360 e. The van der Waals surface area contributed by atoms with Crippen molar-refractivity contribution in [2.24, 2.45) is 0 Å². The molecule has 2 nitrogen and oxygen atoms in total. The van der Waals surface area contributed by atoms with Crippen LogP contribution >= 0.6 is 11.6 Å². The summed E-state index contributed by atoms with van der Waals surface area (Å²) in [6.07, 6.45) is 1.73. The van der Waals surface area contributed by atoms with Crippen molar-refractivity contribution in [3.05, 3.63) is 47.1 Å². The summed E-state index contributed by atoms with van der Waals surface area (Å²) in [4.78, 5) is 3.04. The molecule has 0 fully saturated rings. The second kappa shape index (κ2) is 3.57. The lowest BCUT2D eigenvalue weighted by atomic mass is 10.1. The van der Waals surface area contributed by atoms with Crippen molar-refractivity contribution < 1.29 is 0 Å². The first-order valence-electron chi connectivity index (χ1n) is 4.14. The zero-order valence-corrected chi connectivity index (χ0v) is 8.05. The number of halogens is 1. The van der Waals surface area contributed by atoms with E-state index in [-0.39, 0.29) is 0 Å². The normalized spacial score (nSPS) is 9.71. The van der Waals surface area contributed by atoms with Crippen LogP contribution in [0.3, 0.4) is 0 Å². The highest BCUT2D eigenvalue weighted by molar-refractivity contribution is 6.30. The van der Waals surface area contributed by atoms with Gasteiger partial charge in [0.2, 0.25) is 0 Å². The second-order valence-electron chi connectivity index (χ2n) is 2.92. The highest BCUT2D eigenvalue weighted by Crippen LogP contribution is 2.21. The number of aromatic amines is 1. The van der Waals surface area contributed by atoms with Gasteiger partial charge in [-0.15, -0.1) is 0 Å². The number of nitrogens with one attached hydrogen (secondary N) is 1. The minimum absolute atomic E-state index is 0.659. The van der Waals surface area contributed by atoms with E-state index in [9.17, 15) is 0 Å². The summed E-state index contributed by atoms with van der Waals surface area (Å²) in [6.45, 7) is 0. The number of aromatic nitrogens is 1. The number of hydrogen-bond donors (Lipinski definition) is 1. The summed E-state index contributed by atoms with van der Waals surface area (Å²) in [5.74, 6) is 0. The topological polar surface area (TPSA) is 39.6 Å². The van der Waals surface area contributed by atoms with E-state index in [1.54, 1.807) is 18.3 Å². The van der Waals surface area contributed by atoms with Gasteiger partial charge in [0.1, 0.15) is 0 Å². The molecule has 0 atom stereocenters.